The highest BCUT2D eigenvalue weighted by Crippen LogP contribution is 2.32. The molecule has 0 amide bonds. The third-order valence-corrected chi connectivity index (χ3v) is 4.42. The first kappa shape index (κ1) is 15.7. The number of benzene rings is 2. The van der Waals surface area contributed by atoms with Crippen LogP contribution in [0.4, 0.5) is 4.39 Å². The summed E-state index contributed by atoms with van der Waals surface area (Å²) in [5.41, 5.74) is 5.87. The van der Waals surface area contributed by atoms with Crippen LogP contribution in [-0.2, 0) is 0 Å². The Hall–Kier alpha value is -0.690. The van der Waals surface area contributed by atoms with Crippen LogP contribution in [0.15, 0.2) is 30.3 Å². The molecule has 2 rings (SSSR count). The van der Waals surface area contributed by atoms with Crippen molar-refractivity contribution in [2.75, 3.05) is 0 Å². The van der Waals surface area contributed by atoms with Crippen LogP contribution >= 0.6 is 34.2 Å². The summed E-state index contributed by atoms with van der Waals surface area (Å²) in [6.45, 7) is 3.75. The second-order valence-corrected chi connectivity index (χ2v) is 6.34. The lowest BCUT2D eigenvalue weighted by Gasteiger charge is -2.21. The molecule has 0 heterocycles. The Morgan fingerprint density at radius 1 is 1.25 bits per heavy atom. The van der Waals surface area contributed by atoms with Crippen molar-refractivity contribution in [1.82, 2.24) is 5.43 Å². The van der Waals surface area contributed by atoms with E-state index in [1.165, 1.54) is 6.07 Å². The summed E-state index contributed by atoms with van der Waals surface area (Å²) in [6.07, 6.45) is 0. The molecule has 3 N–H and O–H groups in total. The average molecular weight is 405 g/mol. The Labute approximate surface area is 136 Å². The molecule has 0 bridgehead atoms. The van der Waals surface area contributed by atoms with Gasteiger partial charge in [0.2, 0.25) is 0 Å². The summed E-state index contributed by atoms with van der Waals surface area (Å²) in [7, 11) is 0. The lowest BCUT2D eigenvalue weighted by atomic mass is 9.93. The third-order valence-electron chi connectivity index (χ3n) is 3.21. The molecule has 0 aliphatic carbocycles. The first-order valence-electron chi connectivity index (χ1n) is 6.11. The molecule has 0 radical (unpaired) electrons. The van der Waals surface area contributed by atoms with Gasteiger partial charge in [-0.15, -0.1) is 0 Å². The van der Waals surface area contributed by atoms with Crippen LogP contribution in [0.3, 0.4) is 0 Å². The maximum absolute atomic E-state index is 14.3. The lowest BCUT2D eigenvalue weighted by Crippen LogP contribution is -2.30. The molecule has 1 atom stereocenters. The smallest absolute Gasteiger partial charge is 0.128 e. The predicted octanol–water partition coefficient (Wildman–Crippen LogP) is 4.25. The van der Waals surface area contributed by atoms with Crippen LogP contribution in [0.1, 0.15) is 28.3 Å². The van der Waals surface area contributed by atoms with E-state index in [2.05, 4.69) is 28.0 Å². The number of nitrogens with two attached hydrogens (primary N) is 1. The highest BCUT2D eigenvalue weighted by molar-refractivity contribution is 14.1. The Morgan fingerprint density at radius 3 is 2.55 bits per heavy atom. The predicted molar refractivity (Wildman–Crippen MR) is 89.2 cm³/mol. The van der Waals surface area contributed by atoms with Crippen LogP contribution in [0.25, 0.3) is 0 Å². The van der Waals surface area contributed by atoms with Crippen molar-refractivity contribution in [3.8, 4) is 0 Å². The molecule has 0 saturated carbocycles. The summed E-state index contributed by atoms with van der Waals surface area (Å²) in [5, 5.41) is 0.603. The highest BCUT2D eigenvalue weighted by Gasteiger charge is 2.21. The Balaban J connectivity index is 2.61. The van der Waals surface area contributed by atoms with Crippen LogP contribution in [0.2, 0.25) is 5.02 Å². The normalized spacial score (nSPS) is 12.5. The Bertz CT molecular complexity index is 623. The quantitative estimate of drug-likeness (QED) is 0.456. The van der Waals surface area contributed by atoms with E-state index in [-0.39, 0.29) is 5.82 Å². The monoisotopic (exact) mass is 404 g/mol. The molecule has 0 fully saturated rings. The molecule has 0 aliphatic heterocycles. The van der Waals surface area contributed by atoms with Crippen molar-refractivity contribution in [2.45, 2.75) is 19.9 Å². The number of hydrogen-bond donors (Lipinski definition) is 2. The zero-order valence-electron chi connectivity index (χ0n) is 11.2. The molecule has 0 saturated heterocycles. The van der Waals surface area contributed by atoms with Gasteiger partial charge in [0.25, 0.3) is 0 Å². The summed E-state index contributed by atoms with van der Waals surface area (Å²) >= 11 is 8.24. The number of nitrogens with one attached hydrogen (secondary N) is 1. The van der Waals surface area contributed by atoms with Crippen LogP contribution in [0.5, 0.6) is 0 Å². The van der Waals surface area contributed by atoms with Gasteiger partial charge in [-0.1, -0.05) is 17.7 Å². The topological polar surface area (TPSA) is 38.0 Å². The van der Waals surface area contributed by atoms with E-state index in [1.54, 1.807) is 6.07 Å². The fourth-order valence-corrected chi connectivity index (χ4v) is 3.18. The van der Waals surface area contributed by atoms with E-state index < -0.39 is 6.04 Å². The molecule has 2 nitrogen and oxygen atoms in total. The molecular formula is C15H15ClFIN2. The van der Waals surface area contributed by atoms with E-state index in [4.69, 9.17) is 17.4 Å². The third kappa shape index (κ3) is 3.14. The van der Waals surface area contributed by atoms with Crippen molar-refractivity contribution < 1.29 is 4.39 Å². The fraction of sp³-hybridized carbons (Fsp3) is 0.200. The molecule has 0 aliphatic rings. The minimum Gasteiger partial charge on any atom is -0.271 e. The van der Waals surface area contributed by atoms with Crippen LogP contribution in [-0.4, -0.2) is 0 Å². The van der Waals surface area contributed by atoms with Crippen LogP contribution in [0, 0.1) is 23.2 Å². The molecular weight excluding hydrogens is 390 g/mol. The maximum atomic E-state index is 14.3. The largest absolute Gasteiger partial charge is 0.271 e. The number of halogens is 3. The van der Waals surface area contributed by atoms with Crippen molar-refractivity contribution in [3.63, 3.8) is 0 Å². The molecule has 106 valence electrons. The highest BCUT2D eigenvalue weighted by atomic mass is 127. The van der Waals surface area contributed by atoms with E-state index in [1.807, 2.05) is 32.0 Å². The summed E-state index contributed by atoms with van der Waals surface area (Å²) < 4.78 is 15.3. The van der Waals surface area contributed by atoms with Gasteiger partial charge in [0.15, 0.2) is 0 Å². The molecule has 2 aromatic rings. The van der Waals surface area contributed by atoms with Gasteiger partial charge in [-0.25, -0.2) is 9.82 Å². The lowest BCUT2D eigenvalue weighted by molar-refractivity contribution is 0.555. The Morgan fingerprint density at radius 2 is 1.95 bits per heavy atom. The number of aryl methyl sites for hydroxylation is 2. The van der Waals surface area contributed by atoms with Crippen molar-refractivity contribution in [3.05, 3.63) is 67.0 Å². The zero-order valence-corrected chi connectivity index (χ0v) is 14.1. The molecule has 1 unspecified atom stereocenters. The minimum atomic E-state index is -0.429. The molecule has 5 heteroatoms. The van der Waals surface area contributed by atoms with Gasteiger partial charge in [0.05, 0.1) is 6.04 Å². The van der Waals surface area contributed by atoms with Crippen molar-refractivity contribution in [2.24, 2.45) is 5.84 Å². The number of rotatable bonds is 3. The minimum absolute atomic E-state index is 0.263. The van der Waals surface area contributed by atoms with Gasteiger partial charge < -0.3 is 0 Å². The van der Waals surface area contributed by atoms with Crippen molar-refractivity contribution >= 4 is 34.2 Å². The molecule has 0 aromatic heterocycles. The number of hydrogen-bond acceptors (Lipinski definition) is 2. The summed E-state index contributed by atoms with van der Waals surface area (Å²) in [5.74, 6) is 5.41. The molecule has 2 aromatic carbocycles. The van der Waals surface area contributed by atoms with Gasteiger partial charge in [-0.3, -0.25) is 5.84 Å². The van der Waals surface area contributed by atoms with Crippen LogP contribution < -0.4 is 11.3 Å². The van der Waals surface area contributed by atoms with E-state index >= 15 is 0 Å². The zero-order chi connectivity index (χ0) is 14.9. The summed E-state index contributed by atoms with van der Waals surface area (Å²) in [6, 6.07) is 8.54. The fourth-order valence-electron chi connectivity index (χ4n) is 2.36. The van der Waals surface area contributed by atoms with Gasteiger partial charge in [-0.05, 0) is 77.4 Å². The molecule has 0 spiro atoms. The summed E-state index contributed by atoms with van der Waals surface area (Å²) in [4.78, 5) is 0. The van der Waals surface area contributed by atoms with Gasteiger partial charge in [-0.2, -0.15) is 0 Å². The van der Waals surface area contributed by atoms with Gasteiger partial charge in [0, 0.05) is 14.2 Å². The first-order valence-corrected chi connectivity index (χ1v) is 7.57. The molecule has 20 heavy (non-hydrogen) atoms. The van der Waals surface area contributed by atoms with E-state index in [9.17, 15) is 4.39 Å². The first-order chi connectivity index (χ1) is 9.43. The second-order valence-electron chi connectivity index (χ2n) is 4.74. The maximum Gasteiger partial charge on any atom is 0.128 e. The number of hydrazine groups is 1. The van der Waals surface area contributed by atoms with E-state index in [0.717, 1.165) is 20.3 Å². The Kier molecular flexibility index (Phi) is 5.01. The van der Waals surface area contributed by atoms with Gasteiger partial charge in [0.1, 0.15) is 5.82 Å². The van der Waals surface area contributed by atoms with E-state index in [0.29, 0.717) is 10.6 Å². The van der Waals surface area contributed by atoms with Crippen molar-refractivity contribution in [1.29, 1.82) is 0 Å². The average Bonchev–Trinajstić information content (AvgIpc) is 2.37. The SMILES string of the molecule is Cc1cc(C)c(C(NN)c2cc(Cl)ccc2I)c(F)c1. The second kappa shape index (κ2) is 6.39. The standard InChI is InChI=1S/C15H15ClFIN2/c1-8-5-9(2)14(12(17)6-8)15(20-19)11-7-10(16)3-4-13(11)18/h3-7,15,20H,19H2,1-2H3. The van der Waals surface area contributed by atoms with Gasteiger partial charge >= 0.3 is 0 Å².